The van der Waals surface area contributed by atoms with E-state index in [2.05, 4.69) is 21.6 Å². The summed E-state index contributed by atoms with van der Waals surface area (Å²) in [6, 6.07) is 11.8. The van der Waals surface area contributed by atoms with E-state index in [4.69, 9.17) is 20.5 Å². The van der Waals surface area contributed by atoms with Crippen LogP contribution in [0.25, 0.3) is 11.1 Å². The van der Waals surface area contributed by atoms with Crippen LogP contribution in [-0.4, -0.2) is 63.0 Å². The minimum absolute atomic E-state index is 0.102. The zero-order chi connectivity index (χ0) is 23.2. The summed E-state index contributed by atoms with van der Waals surface area (Å²) in [7, 11) is 0. The van der Waals surface area contributed by atoms with Crippen LogP contribution in [0.15, 0.2) is 61.2 Å². The largest absolute Gasteiger partial charge is 0.474 e. The number of hydrogen-bond donors (Lipinski definition) is 1. The summed E-state index contributed by atoms with van der Waals surface area (Å²) in [4.78, 5) is 22.1. The van der Waals surface area contributed by atoms with Crippen LogP contribution in [-0.2, 0) is 16.1 Å². The molecule has 1 amide bonds. The zero-order valence-electron chi connectivity index (χ0n) is 17.9. The van der Waals surface area contributed by atoms with Gasteiger partial charge in [0, 0.05) is 18.3 Å². The van der Waals surface area contributed by atoms with Crippen molar-refractivity contribution in [3.63, 3.8) is 0 Å². The molecule has 1 fully saturated rings. The molecule has 10 heteroatoms. The molecule has 1 atom stereocenters. The minimum atomic E-state index is -0.399. The summed E-state index contributed by atoms with van der Waals surface area (Å²) in [5.74, 6) is 0.171. The van der Waals surface area contributed by atoms with Crippen molar-refractivity contribution in [2.24, 2.45) is 0 Å². The molecule has 4 rings (SSSR count). The first-order valence-corrected chi connectivity index (χ1v) is 10.3. The maximum absolute atomic E-state index is 12.2. The highest BCUT2D eigenvalue weighted by Gasteiger charge is 2.27. The lowest BCUT2D eigenvalue weighted by Crippen LogP contribution is -2.48. The Morgan fingerprint density at radius 1 is 1.33 bits per heavy atom. The summed E-state index contributed by atoms with van der Waals surface area (Å²) in [5, 5.41) is 13.3. The van der Waals surface area contributed by atoms with Crippen molar-refractivity contribution in [1.29, 1.82) is 5.26 Å². The highest BCUT2D eigenvalue weighted by molar-refractivity contribution is 5.96. The van der Waals surface area contributed by atoms with E-state index in [1.54, 1.807) is 16.9 Å². The van der Waals surface area contributed by atoms with E-state index in [0.29, 0.717) is 31.1 Å². The van der Waals surface area contributed by atoms with E-state index < -0.39 is 5.91 Å². The molecule has 0 radical (unpaired) electrons. The van der Waals surface area contributed by atoms with Gasteiger partial charge < -0.3 is 20.1 Å². The lowest BCUT2D eigenvalue weighted by Gasteiger charge is -2.32. The number of amides is 1. The molecule has 0 bridgehead atoms. The van der Waals surface area contributed by atoms with Gasteiger partial charge in [0.15, 0.2) is 0 Å². The predicted octanol–water partition coefficient (Wildman–Crippen LogP) is 1.66. The van der Waals surface area contributed by atoms with Crippen LogP contribution in [0.2, 0.25) is 0 Å². The highest BCUT2D eigenvalue weighted by Crippen LogP contribution is 2.32. The summed E-state index contributed by atoms with van der Waals surface area (Å²) < 4.78 is 13.5. The van der Waals surface area contributed by atoms with Gasteiger partial charge in [-0.3, -0.25) is 9.48 Å². The number of nitrogens with two attached hydrogens (primary N) is 1. The highest BCUT2D eigenvalue weighted by atomic mass is 16.5. The molecule has 3 aromatic rings. The monoisotopic (exact) mass is 445 g/mol. The number of benzene rings is 1. The van der Waals surface area contributed by atoms with Crippen LogP contribution in [0.4, 0.5) is 5.82 Å². The first-order chi connectivity index (χ1) is 16.0. The second-order valence-electron chi connectivity index (χ2n) is 7.50. The normalized spacial score (nSPS) is 15.6. The van der Waals surface area contributed by atoms with Crippen LogP contribution < -0.4 is 10.5 Å². The van der Waals surface area contributed by atoms with Crippen molar-refractivity contribution in [1.82, 2.24) is 24.6 Å². The average Bonchev–Trinajstić information content (AvgIpc) is 3.30. The van der Waals surface area contributed by atoms with Gasteiger partial charge in [-0.05, 0) is 5.56 Å². The molecule has 1 aliphatic heterocycles. The molecule has 1 aromatic carbocycles. The third-order valence-electron chi connectivity index (χ3n) is 5.18. The minimum Gasteiger partial charge on any atom is -0.474 e. The maximum atomic E-state index is 12.2. The molecule has 3 heterocycles. The van der Waals surface area contributed by atoms with Gasteiger partial charge in [-0.2, -0.15) is 10.4 Å². The first-order valence-electron chi connectivity index (χ1n) is 10.3. The summed E-state index contributed by atoms with van der Waals surface area (Å²) in [6.07, 6.45) is 4.49. The Kier molecular flexibility index (Phi) is 6.61. The molecule has 0 spiro atoms. The van der Waals surface area contributed by atoms with Crippen molar-refractivity contribution in [2.45, 2.75) is 12.6 Å². The SMILES string of the molecule is C=C(C#N)C(=O)N1CCO[C@H](COc2ncnc(N)c2-c2cnn(Cc3ccccc3)c2)C1. The average molecular weight is 445 g/mol. The molecular formula is C23H23N7O3. The van der Waals surface area contributed by atoms with Gasteiger partial charge in [0.05, 0.1) is 31.5 Å². The Bertz CT molecular complexity index is 1190. The topological polar surface area (TPSA) is 132 Å². The zero-order valence-corrected chi connectivity index (χ0v) is 17.9. The number of carbonyl (C=O) groups excluding carboxylic acids is 1. The van der Waals surface area contributed by atoms with Gasteiger partial charge in [0.1, 0.15) is 36.5 Å². The molecule has 0 saturated carbocycles. The van der Waals surface area contributed by atoms with E-state index in [1.165, 1.54) is 11.2 Å². The number of nitrogens with zero attached hydrogens (tertiary/aromatic N) is 6. The number of nitrogen functional groups attached to an aromatic ring is 1. The molecule has 10 nitrogen and oxygen atoms in total. The molecule has 33 heavy (non-hydrogen) atoms. The Hall–Kier alpha value is -4.23. The number of carbonyl (C=O) groups is 1. The van der Waals surface area contributed by atoms with Crippen molar-refractivity contribution in [3.8, 4) is 23.1 Å². The lowest BCUT2D eigenvalue weighted by atomic mass is 10.1. The summed E-state index contributed by atoms with van der Waals surface area (Å²) in [5.41, 5.74) is 8.43. The maximum Gasteiger partial charge on any atom is 0.264 e. The fraction of sp³-hybridized carbons (Fsp3) is 0.261. The molecule has 2 N–H and O–H groups in total. The fourth-order valence-corrected chi connectivity index (χ4v) is 3.53. The number of ether oxygens (including phenoxy) is 2. The van der Waals surface area contributed by atoms with E-state index in [1.807, 2.05) is 36.5 Å². The smallest absolute Gasteiger partial charge is 0.264 e. The lowest BCUT2D eigenvalue weighted by molar-refractivity contribution is -0.135. The van der Waals surface area contributed by atoms with Crippen molar-refractivity contribution in [3.05, 3.63) is 66.8 Å². The summed E-state index contributed by atoms with van der Waals surface area (Å²) in [6.45, 7) is 5.25. The number of rotatable bonds is 7. The van der Waals surface area contributed by atoms with Crippen molar-refractivity contribution in [2.75, 3.05) is 32.0 Å². The van der Waals surface area contributed by atoms with Gasteiger partial charge in [-0.15, -0.1) is 0 Å². The van der Waals surface area contributed by atoms with Gasteiger partial charge >= 0.3 is 0 Å². The Morgan fingerprint density at radius 2 is 2.15 bits per heavy atom. The second kappa shape index (κ2) is 9.93. The molecule has 0 aliphatic carbocycles. The third-order valence-corrected chi connectivity index (χ3v) is 5.18. The fourth-order valence-electron chi connectivity index (χ4n) is 3.53. The van der Waals surface area contributed by atoms with Crippen molar-refractivity contribution >= 4 is 11.7 Å². The molecule has 1 saturated heterocycles. The van der Waals surface area contributed by atoms with E-state index >= 15 is 0 Å². The molecule has 168 valence electrons. The van der Waals surface area contributed by atoms with E-state index in [-0.39, 0.29) is 30.6 Å². The Balaban J connectivity index is 1.46. The Labute approximate surface area is 190 Å². The van der Waals surface area contributed by atoms with Crippen LogP contribution >= 0.6 is 0 Å². The Morgan fingerprint density at radius 3 is 2.94 bits per heavy atom. The van der Waals surface area contributed by atoms with Crippen LogP contribution in [0.1, 0.15) is 5.56 Å². The standard InChI is InChI=1S/C23H23N7O3/c1-16(9-24)23(31)29-7-8-32-19(13-29)14-33-22-20(21(25)26-15-27-22)18-10-28-30(12-18)11-17-5-3-2-4-6-17/h2-6,10,12,15,19H,1,7-8,11,13-14H2,(H2,25,26,27)/t19-/m0/s1. The molecule has 0 unspecified atom stereocenters. The number of anilines is 1. The van der Waals surface area contributed by atoms with Crippen molar-refractivity contribution < 1.29 is 14.3 Å². The number of nitriles is 1. The first kappa shape index (κ1) is 22.0. The van der Waals surface area contributed by atoms with Gasteiger partial charge in [0.25, 0.3) is 5.91 Å². The van der Waals surface area contributed by atoms with Crippen LogP contribution in [0.5, 0.6) is 5.88 Å². The van der Waals surface area contributed by atoms with E-state index in [9.17, 15) is 4.79 Å². The summed E-state index contributed by atoms with van der Waals surface area (Å²) >= 11 is 0. The third kappa shape index (κ3) is 5.16. The van der Waals surface area contributed by atoms with Crippen LogP contribution in [0, 0.1) is 11.3 Å². The molecule has 1 aliphatic rings. The van der Waals surface area contributed by atoms with Gasteiger partial charge in [-0.25, -0.2) is 9.97 Å². The van der Waals surface area contributed by atoms with Crippen LogP contribution in [0.3, 0.4) is 0 Å². The van der Waals surface area contributed by atoms with Gasteiger partial charge in [0.2, 0.25) is 5.88 Å². The number of aromatic nitrogens is 4. The number of hydrogen-bond acceptors (Lipinski definition) is 8. The predicted molar refractivity (Wildman–Crippen MR) is 120 cm³/mol. The van der Waals surface area contributed by atoms with Gasteiger partial charge in [-0.1, -0.05) is 36.9 Å². The number of morpholine rings is 1. The molecular weight excluding hydrogens is 422 g/mol. The molecule has 2 aromatic heterocycles. The second-order valence-corrected chi connectivity index (χ2v) is 7.50. The quantitative estimate of drug-likeness (QED) is 0.429. The van der Waals surface area contributed by atoms with E-state index in [0.717, 1.165) is 11.1 Å².